The van der Waals surface area contributed by atoms with E-state index in [0.717, 1.165) is 23.4 Å². The Morgan fingerprint density at radius 3 is 2.61 bits per heavy atom. The van der Waals surface area contributed by atoms with Crippen molar-refractivity contribution in [3.8, 4) is 0 Å². The molecular weight excluding hydrogens is 303 g/mol. The van der Waals surface area contributed by atoms with Crippen LogP contribution in [0.4, 0.5) is 4.39 Å². The van der Waals surface area contributed by atoms with E-state index in [1.165, 1.54) is 6.07 Å². The van der Waals surface area contributed by atoms with E-state index < -0.39 is 17.7 Å². The zero-order valence-electron chi connectivity index (χ0n) is 13.0. The molecule has 2 N–H and O–H groups in total. The first-order valence-corrected chi connectivity index (χ1v) is 7.05. The van der Waals surface area contributed by atoms with Gasteiger partial charge in [-0.1, -0.05) is 5.16 Å². The number of nitrogens with one attached hydrogen (secondary N) is 1. The smallest absolute Gasteiger partial charge is 0.335 e. The third kappa shape index (κ3) is 3.74. The quantitative estimate of drug-likeness (QED) is 0.883. The second-order valence-electron chi connectivity index (χ2n) is 5.38. The third-order valence-corrected chi connectivity index (χ3v) is 3.53. The molecule has 0 aliphatic rings. The van der Waals surface area contributed by atoms with Crippen LogP contribution in [0.1, 0.15) is 44.7 Å². The van der Waals surface area contributed by atoms with Gasteiger partial charge in [-0.25, -0.2) is 9.18 Å². The lowest BCUT2D eigenvalue weighted by Gasteiger charge is -2.14. The number of hydrogen-bond acceptors (Lipinski definition) is 4. The first-order valence-electron chi connectivity index (χ1n) is 7.05. The minimum Gasteiger partial charge on any atom is -0.478 e. The predicted octanol–water partition coefficient (Wildman–Crippen LogP) is 2.49. The molecule has 1 aromatic carbocycles. The van der Waals surface area contributed by atoms with Crippen LogP contribution in [-0.4, -0.2) is 28.2 Å². The second kappa shape index (κ2) is 6.60. The number of aryl methyl sites for hydroxylation is 2. The number of hydrogen-bond donors (Lipinski definition) is 2. The summed E-state index contributed by atoms with van der Waals surface area (Å²) in [5.74, 6) is -2.03. The van der Waals surface area contributed by atoms with Crippen molar-refractivity contribution in [3.63, 3.8) is 0 Å². The highest BCUT2D eigenvalue weighted by molar-refractivity contribution is 5.96. The van der Waals surface area contributed by atoms with Gasteiger partial charge in [-0.2, -0.15) is 0 Å². The van der Waals surface area contributed by atoms with E-state index in [1.54, 1.807) is 13.8 Å². The van der Waals surface area contributed by atoms with Crippen molar-refractivity contribution in [1.82, 2.24) is 10.5 Å². The number of aromatic carboxylic acids is 1. The summed E-state index contributed by atoms with van der Waals surface area (Å²) in [6, 6.07) is 2.92. The molecule has 0 saturated heterocycles. The van der Waals surface area contributed by atoms with E-state index in [0.29, 0.717) is 12.2 Å². The van der Waals surface area contributed by atoms with Gasteiger partial charge in [0.15, 0.2) is 0 Å². The summed E-state index contributed by atoms with van der Waals surface area (Å²) >= 11 is 0. The number of aromatic nitrogens is 1. The molecule has 0 saturated carbocycles. The zero-order chi connectivity index (χ0) is 17.1. The van der Waals surface area contributed by atoms with Gasteiger partial charge in [0.2, 0.25) is 0 Å². The first kappa shape index (κ1) is 16.7. The molecule has 1 amide bonds. The van der Waals surface area contributed by atoms with E-state index in [-0.39, 0.29) is 17.2 Å². The Bertz CT molecular complexity index is 735. The molecule has 0 aliphatic heterocycles. The maximum Gasteiger partial charge on any atom is 0.335 e. The number of carboxylic acids is 1. The highest BCUT2D eigenvalue weighted by atomic mass is 19.1. The summed E-state index contributed by atoms with van der Waals surface area (Å²) in [5.41, 5.74) is 1.25. The number of halogens is 1. The molecule has 0 aliphatic carbocycles. The number of benzene rings is 1. The lowest BCUT2D eigenvalue weighted by molar-refractivity contribution is 0.0695. The van der Waals surface area contributed by atoms with Gasteiger partial charge in [0.1, 0.15) is 11.6 Å². The van der Waals surface area contributed by atoms with E-state index in [9.17, 15) is 14.0 Å². The molecule has 2 aromatic rings. The number of nitrogens with zero attached hydrogens (tertiary/aromatic N) is 1. The van der Waals surface area contributed by atoms with E-state index in [2.05, 4.69) is 10.5 Å². The Labute approximate surface area is 132 Å². The summed E-state index contributed by atoms with van der Waals surface area (Å²) in [6.45, 7) is 5.38. The standard InChI is InChI=1S/C16H17FN2O4/c1-8(6-13-9(2)19-23-10(13)3)18-15(20)12-5-4-11(16(21)22)7-14(12)17/h4-5,7-8H,6H2,1-3H3,(H,18,20)(H,21,22). The van der Waals surface area contributed by atoms with Crippen molar-refractivity contribution in [2.24, 2.45) is 0 Å². The number of amides is 1. The van der Waals surface area contributed by atoms with Gasteiger partial charge in [-0.05, 0) is 45.4 Å². The fraction of sp³-hybridized carbons (Fsp3) is 0.312. The van der Waals surface area contributed by atoms with E-state index >= 15 is 0 Å². The van der Waals surface area contributed by atoms with Gasteiger partial charge < -0.3 is 14.9 Å². The van der Waals surface area contributed by atoms with Crippen LogP contribution >= 0.6 is 0 Å². The van der Waals surface area contributed by atoms with Crippen molar-refractivity contribution in [2.45, 2.75) is 33.2 Å². The lowest BCUT2D eigenvalue weighted by Crippen LogP contribution is -2.34. The molecule has 1 unspecified atom stereocenters. The number of carbonyl (C=O) groups excluding carboxylic acids is 1. The summed E-state index contributed by atoms with van der Waals surface area (Å²) < 4.78 is 18.9. The molecular formula is C16H17FN2O4. The SMILES string of the molecule is Cc1noc(C)c1CC(C)NC(=O)c1ccc(C(=O)O)cc1F. The van der Waals surface area contributed by atoms with Crippen LogP contribution in [0.15, 0.2) is 22.7 Å². The second-order valence-corrected chi connectivity index (χ2v) is 5.38. The van der Waals surface area contributed by atoms with Crippen molar-refractivity contribution in [2.75, 3.05) is 0 Å². The van der Waals surface area contributed by atoms with Gasteiger partial charge in [0.25, 0.3) is 5.91 Å². The van der Waals surface area contributed by atoms with Gasteiger partial charge in [-0.15, -0.1) is 0 Å². The molecule has 7 heteroatoms. The average Bonchev–Trinajstić information content (AvgIpc) is 2.78. The van der Waals surface area contributed by atoms with E-state index in [4.69, 9.17) is 9.63 Å². The van der Waals surface area contributed by atoms with Crippen LogP contribution in [0.25, 0.3) is 0 Å². The normalized spacial score (nSPS) is 12.0. The van der Waals surface area contributed by atoms with Gasteiger partial charge in [-0.3, -0.25) is 4.79 Å². The topological polar surface area (TPSA) is 92.4 Å². The Kier molecular flexibility index (Phi) is 4.78. The summed E-state index contributed by atoms with van der Waals surface area (Å²) in [5, 5.41) is 15.3. The van der Waals surface area contributed by atoms with Crippen molar-refractivity contribution in [1.29, 1.82) is 0 Å². The van der Waals surface area contributed by atoms with E-state index in [1.807, 2.05) is 6.92 Å². The zero-order valence-corrected chi connectivity index (χ0v) is 13.0. The molecule has 1 aromatic heterocycles. The largest absolute Gasteiger partial charge is 0.478 e. The number of carbonyl (C=O) groups is 2. The fourth-order valence-corrected chi connectivity index (χ4v) is 2.28. The Morgan fingerprint density at radius 2 is 2.09 bits per heavy atom. The van der Waals surface area contributed by atoms with Gasteiger partial charge in [0, 0.05) is 11.6 Å². The monoisotopic (exact) mass is 320 g/mol. The van der Waals surface area contributed by atoms with Crippen LogP contribution in [-0.2, 0) is 6.42 Å². The molecule has 0 radical (unpaired) electrons. The molecule has 0 spiro atoms. The number of rotatable bonds is 5. The molecule has 0 bridgehead atoms. The number of carboxylic acid groups (broad SMARTS) is 1. The van der Waals surface area contributed by atoms with Crippen LogP contribution in [0.5, 0.6) is 0 Å². The molecule has 1 heterocycles. The van der Waals surface area contributed by atoms with Crippen molar-refractivity contribution >= 4 is 11.9 Å². The minimum absolute atomic E-state index is 0.194. The first-order chi connectivity index (χ1) is 10.8. The van der Waals surface area contributed by atoms with Crippen LogP contribution in [0, 0.1) is 19.7 Å². The maximum absolute atomic E-state index is 13.9. The van der Waals surface area contributed by atoms with Crippen molar-refractivity contribution < 1.29 is 23.6 Å². The Balaban J connectivity index is 2.08. The highest BCUT2D eigenvalue weighted by Gasteiger charge is 2.18. The van der Waals surface area contributed by atoms with Gasteiger partial charge in [0.05, 0.1) is 16.8 Å². The fourth-order valence-electron chi connectivity index (χ4n) is 2.28. The third-order valence-electron chi connectivity index (χ3n) is 3.53. The maximum atomic E-state index is 13.9. The van der Waals surface area contributed by atoms with Crippen LogP contribution in [0.2, 0.25) is 0 Å². The average molecular weight is 320 g/mol. The van der Waals surface area contributed by atoms with Crippen LogP contribution in [0.3, 0.4) is 0 Å². The lowest BCUT2D eigenvalue weighted by atomic mass is 10.0. The van der Waals surface area contributed by atoms with Crippen LogP contribution < -0.4 is 5.32 Å². The minimum atomic E-state index is -1.25. The molecule has 23 heavy (non-hydrogen) atoms. The molecule has 122 valence electrons. The molecule has 1 atom stereocenters. The summed E-state index contributed by atoms with van der Waals surface area (Å²) in [4.78, 5) is 22.9. The van der Waals surface area contributed by atoms with Crippen molar-refractivity contribution in [3.05, 3.63) is 52.2 Å². The molecule has 2 rings (SSSR count). The Morgan fingerprint density at radius 1 is 1.39 bits per heavy atom. The summed E-state index contributed by atoms with van der Waals surface area (Å²) in [7, 11) is 0. The Hall–Kier alpha value is -2.70. The molecule has 0 fully saturated rings. The van der Waals surface area contributed by atoms with Gasteiger partial charge >= 0.3 is 5.97 Å². The molecule has 6 nitrogen and oxygen atoms in total. The predicted molar refractivity (Wildman–Crippen MR) is 80.0 cm³/mol. The highest BCUT2D eigenvalue weighted by Crippen LogP contribution is 2.15. The summed E-state index contributed by atoms with van der Waals surface area (Å²) in [6.07, 6.45) is 0.502.